The van der Waals surface area contributed by atoms with Gasteiger partial charge in [0.15, 0.2) is 0 Å². The highest BCUT2D eigenvalue weighted by Crippen LogP contribution is 2.17. The Bertz CT molecular complexity index is 209. The number of hydrogen-bond donors (Lipinski definition) is 1. The van der Waals surface area contributed by atoms with Gasteiger partial charge in [0, 0.05) is 19.1 Å². The topological polar surface area (TPSA) is 41.6 Å². The summed E-state index contributed by atoms with van der Waals surface area (Å²) in [5.74, 6) is 0.503. The van der Waals surface area contributed by atoms with Crippen LogP contribution in [0.15, 0.2) is 0 Å². The van der Waals surface area contributed by atoms with Crippen molar-refractivity contribution in [2.24, 2.45) is 5.92 Å². The van der Waals surface area contributed by atoms with Gasteiger partial charge in [0.05, 0.1) is 6.61 Å². The lowest BCUT2D eigenvalue weighted by atomic mass is 9.94. The first-order valence-corrected chi connectivity index (χ1v) is 5.84. The fourth-order valence-corrected chi connectivity index (χ4v) is 2.09. The van der Waals surface area contributed by atoms with Gasteiger partial charge in [-0.05, 0) is 25.8 Å². The molecule has 0 aromatic heterocycles. The Morgan fingerprint density at radius 1 is 1.53 bits per heavy atom. The third kappa shape index (κ3) is 3.38. The number of amides is 1. The predicted molar refractivity (Wildman–Crippen MR) is 59.8 cm³/mol. The van der Waals surface area contributed by atoms with Crippen molar-refractivity contribution >= 4 is 6.09 Å². The maximum Gasteiger partial charge on any atom is 0.409 e. The largest absolute Gasteiger partial charge is 0.450 e. The van der Waals surface area contributed by atoms with Crippen LogP contribution in [0.25, 0.3) is 0 Å². The summed E-state index contributed by atoms with van der Waals surface area (Å²) in [6.07, 6.45) is 0.854. The molecule has 0 saturated carbocycles. The molecule has 0 bridgehead atoms. The number of nitrogens with zero attached hydrogens (tertiary/aromatic N) is 1. The highest BCUT2D eigenvalue weighted by molar-refractivity contribution is 5.67. The van der Waals surface area contributed by atoms with Gasteiger partial charge in [0.2, 0.25) is 0 Å². The maximum atomic E-state index is 11.5. The number of hydrogen-bond acceptors (Lipinski definition) is 3. The molecule has 1 amide bonds. The van der Waals surface area contributed by atoms with Gasteiger partial charge in [-0.1, -0.05) is 13.8 Å². The van der Waals surface area contributed by atoms with E-state index < -0.39 is 0 Å². The minimum Gasteiger partial charge on any atom is -0.450 e. The summed E-state index contributed by atoms with van der Waals surface area (Å²) in [6.45, 7) is 9.20. The standard InChI is InChI=1S/C11H22N2O2/c1-4-12-10-6-7-13(8-9(10)3)11(14)15-5-2/h9-10,12H,4-8H2,1-3H3. The molecule has 1 N–H and O–H groups in total. The summed E-state index contributed by atoms with van der Waals surface area (Å²) in [5.41, 5.74) is 0. The van der Waals surface area contributed by atoms with Crippen LogP contribution in [-0.2, 0) is 4.74 Å². The molecular weight excluding hydrogens is 192 g/mol. The van der Waals surface area contributed by atoms with Crippen molar-refractivity contribution in [1.82, 2.24) is 10.2 Å². The maximum absolute atomic E-state index is 11.5. The highest BCUT2D eigenvalue weighted by Gasteiger charge is 2.28. The van der Waals surface area contributed by atoms with Gasteiger partial charge in [-0.15, -0.1) is 0 Å². The molecule has 15 heavy (non-hydrogen) atoms. The Kier molecular flexibility index (Phi) is 4.88. The van der Waals surface area contributed by atoms with Crippen LogP contribution in [0.4, 0.5) is 4.79 Å². The van der Waals surface area contributed by atoms with Crippen LogP contribution in [0.2, 0.25) is 0 Å². The quantitative estimate of drug-likeness (QED) is 0.773. The minimum absolute atomic E-state index is 0.167. The molecule has 2 unspecified atom stereocenters. The predicted octanol–water partition coefficient (Wildman–Crippen LogP) is 1.46. The summed E-state index contributed by atoms with van der Waals surface area (Å²) in [5, 5.41) is 3.45. The van der Waals surface area contributed by atoms with Gasteiger partial charge in [-0.3, -0.25) is 0 Å². The molecule has 1 rings (SSSR count). The van der Waals surface area contributed by atoms with Crippen LogP contribution < -0.4 is 5.32 Å². The van der Waals surface area contributed by atoms with Crippen LogP contribution in [0.1, 0.15) is 27.2 Å². The van der Waals surface area contributed by atoms with E-state index in [1.54, 1.807) is 0 Å². The first-order valence-electron chi connectivity index (χ1n) is 5.84. The molecule has 0 aromatic carbocycles. The van der Waals surface area contributed by atoms with E-state index in [9.17, 15) is 4.79 Å². The number of piperidine rings is 1. The fourth-order valence-electron chi connectivity index (χ4n) is 2.09. The molecule has 0 aromatic rings. The van der Waals surface area contributed by atoms with E-state index in [4.69, 9.17) is 4.74 Å². The van der Waals surface area contributed by atoms with Gasteiger partial charge < -0.3 is 15.0 Å². The van der Waals surface area contributed by atoms with Crippen molar-refractivity contribution in [3.63, 3.8) is 0 Å². The van der Waals surface area contributed by atoms with Crippen LogP contribution >= 0.6 is 0 Å². The van der Waals surface area contributed by atoms with E-state index in [1.807, 2.05) is 11.8 Å². The van der Waals surface area contributed by atoms with E-state index in [-0.39, 0.29) is 6.09 Å². The number of carbonyl (C=O) groups excluding carboxylic acids is 1. The first-order chi connectivity index (χ1) is 7.19. The summed E-state index contributed by atoms with van der Waals surface area (Å²) >= 11 is 0. The normalized spacial score (nSPS) is 26.5. The Morgan fingerprint density at radius 3 is 2.80 bits per heavy atom. The first kappa shape index (κ1) is 12.3. The van der Waals surface area contributed by atoms with Gasteiger partial charge in [0.1, 0.15) is 0 Å². The molecule has 1 saturated heterocycles. The minimum atomic E-state index is -0.167. The molecule has 0 radical (unpaired) electrons. The van der Waals surface area contributed by atoms with Crippen LogP contribution in [0.5, 0.6) is 0 Å². The van der Waals surface area contributed by atoms with Crippen molar-refractivity contribution in [2.45, 2.75) is 33.2 Å². The molecule has 0 spiro atoms. The van der Waals surface area contributed by atoms with Gasteiger partial charge >= 0.3 is 6.09 Å². The van der Waals surface area contributed by atoms with Crippen LogP contribution in [0, 0.1) is 5.92 Å². The number of rotatable bonds is 3. The molecule has 4 heteroatoms. The van der Waals surface area contributed by atoms with Gasteiger partial charge in [0.25, 0.3) is 0 Å². The van der Waals surface area contributed by atoms with E-state index in [0.29, 0.717) is 18.6 Å². The van der Waals surface area contributed by atoms with Crippen molar-refractivity contribution in [3.05, 3.63) is 0 Å². The third-order valence-corrected chi connectivity index (χ3v) is 2.90. The molecular formula is C11H22N2O2. The van der Waals surface area contributed by atoms with E-state index >= 15 is 0 Å². The second kappa shape index (κ2) is 5.95. The fraction of sp³-hybridized carbons (Fsp3) is 0.909. The van der Waals surface area contributed by atoms with Crippen molar-refractivity contribution in [3.8, 4) is 0 Å². The zero-order chi connectivity index (χ0) is 11.3. The molecule has 0 aliphatic carbocycles. The molecule has 4 nitrogen and oxygen atoms in total. The number of likely N-dealkylation sites (tertiary alicyclic amines) is 1. The second-order valence-corrected chi connectivity index (χ2v) is 4.08. The second-order valence-electron chi connectivity index (χ2n) is 4.08. The summed E-state index contributed by atoms with van der Waals surface area (Å²) in [4.78, 5) is 13.3. The zero-order valence-corrected chi connectivity index (χ0v) is 9.95. The number of nitrogens with one attached hydrogen (secondary N) is 1. The average Bonchev–Trinajstić information content (AvgIpc) is 2.21. The van der Waals surface area contributed by atoms with Crippen molar-refractivity contribution in [1.29, 1.82) is 0 Å². The SMILES string of the molecule is CCNC1CCN(C(=O)OCC)CC1C. The zero-order valence-electron chi connectivity index (χ0n) is 9.95. The lowest BCUT2D eigenvalue weighted by molar-refractivity contribution is 0.0822. The molecule has 2 atom stereocenters. The Morgan fingerprint density at radius 2 is 2.27 bits per heavy atom. The summed E-state index contributed by atoms with van der Waals surface area (Å²) in [7, 11) is 0. The van der Waals surface area contributed by atoms with Crippen molar-refractivity contribution in [2.75, 3.05) is 26.2 Å². The monoisotopic (exact) mass is 214 g/mol. The molecule has 1 fully saturated rings. The number of carbonyl (C=O) groups is 1. The lowest BCUT2D eigenvalue weighted by Crippen LogP contribution is -2.50. The number of ether oxygens (including phenoxy) is 1. The average molecular weight is 214 g/mol. The van der Waals surface area contributed by atoms with Crippen molar-refractivity contribution < 1.29 is 9.53 Å². The van der Waals surface area contributed by atoms with E-state index in [0.717, 1.165) is 26.1 Å². The summed E-state index contributed by atoms with van der Waals surface area (Å²) in [6, 6.07) is 0.542. The highest BCUT2D eigenvalue weighted by atomic mass is 16.6. The van der Waals surface area contributed by atoms with Gasteiger partial charge in [-0.2, -0.15) is 0 Å². The Labute approximate surface area is 92.0 Å². The molecule has 1 aliphatic rings. The summed E-state index contributed by atoms with van der Waals surface area (Å²) < 4.78 is 4.99. The van der Waals surface area contributed by atoms with Gasteiger partial charge in [-0.25, -0.2) is 4.79 Å². The van der Waals surface area contributed by atoms with Crippen LogP contribution in [-0.4, -0.2) is 43.3 Å². The lowest BCUT2D eigenvalue weighted by Gasteiger charge is -2.36. The molecule has 88 valence electrons. The molecule has 1 aliphatic heterocycles. The van der Waals surface area contributed by atoms with E-state index in [2.05, 4.69) is 19.2 Å². The molecule has 1 heterocycles. The third-order valence-electron chi connectivity index (χ3n) is 2.90. The Balaban J connectivity index is 2.39. The van der Waals surface area contributed by atoms with Crippen LogP contribution in [0.3, 0.4) is 0 Å². The van der Waals surface area contributed by atoms with E-state index in [1.165, 1.54) is 0 Å². The Hall–Kier alpha value is -0.770. The smallest absolute Gasteiger partial charge is 0.409 e.